The number of ketones is 1. The van der Waals surface area contributed by atoms with Gasteiger partial charge in [-0.05, 0) is 25.0 Å². The van der Waals surface area contributed by atoms with Crippen LogP contribution < -0.4 is 15.2 Å². The van der Waals surface area contributed by atoms with Gasteiger partial charge in [-0.1, -0.05) is 60.5 Å². The van der Waals surface area contributed by atoms with Crippen LogP contribution in [0.25, 0.3) is 10.6 Å². The fourth-order valence-electron chi connectivity index (χ4n) is 3.16. The van der Waals surface area contributed by atoms with E-state index in [4.69, 9.17) is 21.7 Å². The number of carbonyl (C=O) groups excluding carboxylic acids is 1. The van der Waals surface area contributed by atoms with Crippen LogP contribution in [0.3, 0.4) is 0 Å². The number of nitrogens with one attached hydrogen (secondary N) is 2. The molecule has 3 rings (SSSR count). The number of hydrogen-bond acceptors (Lipinski definition) is 6. The summed E-state index contributed by atoms with van der Waals surface area (Å²) in [6, 6.07) is 16.5. The van der Waals surface area contributed by atoms with E-state index in [0.29, 0.717) is 23.4 Å². The van der Waals surface area contributed by atoms with Gasteiger partial charge in [-0.25, -0.2) is 14.8 Å². The molecule has 2 aromatic carbocycles. The molecular formula is C22H25ClN4O3S2. The zero-order chi connectivity index (χ0) is 23.0. The van der Waals surface area contributed by atoms with Crippen molar-refractivity contribution in [2.45, 2.75) is 25.3 Å². The van der Waals surface area contributed by atoms with Crippen molar-refractivity contribution in [2.24, 2.45) is 5.14 Å². The Morgan fingerprint density at radius 1 is 1.09 bits per heavy atom. The highest BCUT2D eigenvalue weighted by atomic mass is 35.5. The lowest BCUT2D eigenvalue weighted by molar-refractivity contribution is 0.0986. The van der Waals surface area contributed by atoms with E-state index in [-0.39, 0.29) is 24.9 Å². The number of rotatable bonds is 12. The fourth-order valence-corrected chi connectivity index (χ4v) is 4.59. The van der Waals surface area contributed by atoms with Gasteiger partial charge in [-0.3, -0.25) is 4.79 Å². The van der Waals surface area contributed by atoms with Crippen molar-refractivity contribution in [1.82, 2.24) is 15.0 Å². The third-order valence-corrected chi connectivity index (χ3v) is 6.57. The van der Waals surface area contributed by atoms with Gasteiger partial charge in [-0.15, -0.1) is 11.3 Å². The molecule has 170 valence electrons. The molecule has 0 aliphatic heterocycles. The quantitative estimate of drug-likeness (QED) is 0.262. The van der Waals surface area contributed by atoms with Gasteiger partial charge in [0, 0.05) is 28.1 Å². The molecule has 1 aromatic heterocycles. The standard InChI is InChI=1S/C22H25ClN4O3S2/c23-18-11-9-17(10-12-18)22-27-20(15-31-22)19(8-4-5-13-26-32(24,29)30)25-14-21(28)16-6-2-1-3-7-16/h1-3,6-7,9-12,15,19,25-26H,4-5,8,13-14H2,(H2,24,29,30). The minimum atomic E-state index is -3.69. The summed E-state index contributed by atoms with van der Waals surface area (Å²) < 4.78 is 24.3. The predicted octanol–water partition coefficient (Wildman–Crippen LogP) is 3.94. The van der Waals surface area contributed by atoms with E-state index in [1.165, 1.54) is 11.3 Å². The van der Waals surface area contributed by atoms with Gasteiger partial charge in [0.1, 0.15) is 5.01 Å². The molecule has 4 N–H and O–H groups in total. The van der Waals surface area contributed by atoms with Crippen LogP contribution >= 0.6 is 22.9 Å². The zero-order valence-electron chi connectivity index (χ0n) is 17.3. The van der Waals surface area contributed by atoms with Gasteiger partial charge in [0.25, 0.3) is 10.2 Å². The molecule has 0 saturated heterocycles. The average molecular weight is 493 g/mol. The molecule has 1 atom stereocenters. The smallest absolute Gasteiger partial charge is 0.274 e. The first-order chi connectivity index (χ1) is 15.3. The molecule has 0 spiro atoms. The molecule has 7 nitrogen and oxygen atoms in total. The van der Waals surface area contributed by atoms with Crippen LogP contribution in [0.4, 0.5) is 0 Å². The van der Waals surface area contributed by atoms with Crippen LogP contribution in [0.5, 0.6) is 0 Å². The maximum Gasteiger partial charge on any atom is 0.274 e. The van der Waals surface area contributed by atoms with Gasteiger partial charge in [0.15, 0.2) is 5.78 Å². The Kier molecular flexibility index (Phi) is 8.92. The summed E-state index contributed by atoms with van der Waals surface area (Å²) in [7, 11) is -3.69. The van der Waals surface area contributed by atoms with E-state index in [9.17, 15) is 13.2 Å². The summed E-state index contributed by atoms with van der Waals surface area (Å²) in [5.41, 5.74) is 2.47. The van der Waals surface area contributed by atoms with Crippen molar-refractivity contribution in [2.75, 3.05) is 13.1 Å². The molecule has 3 aromatic rings. The van der Waals surface area contributed by atoms with Crippen molar-refractivity contribution in [3.8, 4) is 10.6 Å². The Labute approximate surface area is 197 Å². The summed E-state index contributed by atoms with van der Waals surface area (Å²) in [6.07, 6.45) is 2.04. The van der Waals surface area contributed by atoms with E-state index < -0.39 is 10.2 Å². The zero-order valence-corrected chi connectivity index (χ0v) is 19.7. The molecule has 0 radical (unpaired) electrons. The molecule has 1 unspecified atom stereocenters. The largest absolute Gasteiger partial charge is 0.301 e. The number of thiazole rings is 1. The summed E-state index contributed by atoms with van der Waals surface area (Å²) in [4.78, 5) is 17.3. The highest BCUT2D eigenvalue weighted by Gasteiger charge is 2.17. The number of hydrogen-bond donors (Lipinski definition) is 3. The van der Waals surface area contributed by atoms with E-state index in [2.05, 4.69) is 10.0 Å². The minimum Gasteiger partial charge on any atom is -0.301 e. The van der Waals surface area contributed by atoms with Crippen LogP contribution in [0, 0.1) is 0 Å². The lowest BCUT2D eigenvalue weighted by Gasteiger charge is -2.17. The van der Waals surface area contributed by atoms with Crippen molar-refractivity contribution in [3.63, 3.8) is 0 Å². The summed E-state index contributed by atoms with van der Waals surface area (Å²) in [6.45, 7) is 0.444. The van der Waals surface area contributed by atoms with E-state index >= 15 is 0 Å². The Morgan fingerprint density at radius 3 is 2.50 bits per heavy atom. The van der Waals surface area contributed by atoms with Crippen molar-refractivity contribution < 1.29 is 13.2 Å². The van der Waals surface area contributed by atoms with Gasteiger partial charge in [0.05, 0.1) is 18.3 Å². The Balaban J connectivity index is 1.66. The number of nitrogens with zero attached hydrogens (tertiary/aromatic N) is 1. The van der Waals surface area contributed by atoms with Crippen molar-refractivity contribution in [1.29, 1.82) is 0 Å². The molecule has 0 saturated carbocycles. The maximum atomic E-state index is 12.5. The number of benzene rings is 2. The second-order valence-corrected chi connectivity index (χ2v) is 9.92. The number of carbonyl (C=O) groups is 1. The summed E-state index contributed by atoms with van der Waals surface area (Å²) in [5, 5.41) is 11.8. The highest BCUT2D eigenvalue weighted by molar-refractivity contribution is 7.87. The number of unbranched alkanes of at least 4 members (excludes halogenated alkanes) is 1. The minimum absolute atomic E-state index is 0.000328. The molecule has 0 fully saturated rings. The van der Waals surface area contributed by atoms with Crippen LogP contribution in [0.15, 0.2) is 60.0 Å². The third-order valence-electron chi connectivity index (χ3n) is 4.80. The molecule has 0 bridgehead atoms. The van der Waals surface area contributed by atoms with Crippen LogP contribution in [-0.4, -0.2) is 32.3 Å². The topological polar surface area (TPSA) is 114 Å². The lowest BCUT2D eigenvalue weighted by Crippen LogP contribution is -2.31. The lowest BCUT2D eigenvalue weighted by atomic mass is 10.1. The molecule has 0 aliphatic carbocycles. The number of Topliss-reactive ketones (excluding diaryl/α,β-unsaturated/α-hetero) is 1. The number of halogens is 1. The third kappa shape index (κ3) is 7.77. The van der Waals surface area contributed by atoms with Crippen molar-refractivity contribution in [3.05, 3.63) is 76.3 Å². The summed E-state index contributed by atoms with van der Waals surface area (Å²) in [5.74, 6) is -0.000328. The van der Waals surface area contributed by atoms with E-state index in [1.54, 1.807) is 12.1 Å². The monoisotopic (exact) mass is 492 g/mol. The SMILES string of the molecule is NS(=O)(=O)NCCCCC(NCC(=O)c1ccccc1)c1csc(-c2ccc(Cl)cc2)n1. The molecule has 0 amide bonds. The van der Waals surface area contributed by atoms with Gasteiger partial charge < -0.3 is 5.32 Å². The predicted molar refractivity (Wildman–Crippen MR) is 129 cm³/mol. The van der Waals surface area contributed by atoms with Crippen LogP contribution in [0.1, 0.15) is 41.4 Å². The number of aromatic nitrogens is 1. The second-order valence-electron chi connectivity index (χ2n) is 7.24. The van der Waals surface area contributed by atoms with Crippen LogP contribution in [0.2, 0.25) is 5.02 Å². The normalized spacial score (nSPS) is 12.6. The molecular weight excluding hydrogens is 468 g/mol. The van der Waals surface area contributed by atoms with Crippen LogP contribution in [-0.2, 0) is 10.2 Å². The Hall–Kier alpha value is -2.14. The Morgan fingerprint density at radius 2 is 1.81 bits per heavy atom. The first-order valence-corrected chi connectivity index (χ1v) is 12.9. The fraction of sp³-hybridized carbons (Fsp3) is 0.273. The highest BCUT2D eigenvalue weighted by Crippen LogP contribution is 2.29. The number of nitrogens with two attached hydrogens (primary N) is 1. The average Bonchev–Trinajstić information content (AvgIpc) is 3.26. The maximum absolute atomic E-state index is 12.5. The van der Waals surface area contributed by atoms with Gasteiger partial charge in [0.2, 0.25) is 0 Å². The first-order valence-electron chi connectivity index (χ1n) is 10.1. The first kappa shape index (κ1) is 24.5. The van der Waals surface area contributed by atoms with Gasteiger partial charge >= 0.3 is 0 Å². The molecule has 10 heteroatoms. The molecule has 1 heterocycles. The Bertz CT molecular complexity index is 1120. The molecule has 0 aliphatic rings. The van der Waals surface area contributed by atoms with E-state index in [1.807, 2.05) is 47.8 Å². The van der Waals surface area contributed by atoms with E-state index in [0.717, 1.165) is 22.7 Å². The van der Waals surface area contributed by atoms with Crippen molar-refractivity contribution >= 4 is 38.9 Å². The van der Waals surface area contributed by atoms with Gasteiger partial charge in [-0.2, -0.15) is 8.42 Å². The second kappa shape index (κ2) is 11.6. The molecule has 32 heavy (non-hydrogen) atoms. The summed E-state index contributed by atoms with van der Waals surface area (Å²) >= 11 is 7.50.